The maximum atomic E-state index is 5.98. The zero-order chi connectivity index (χ0) is 12.6. The molecular weight excluding hydrogens is 372 g/mol. The van der Waals surface area contributed by atoms with Gasteiger partial charge in [-0.1, -0.05) is 46.4 Å². The quantitative estimate of drug-likeness (QED) is 0.666. The first kappa shape index (κ1) is 13.3. The van der Waals surface area contributed by atoms with E-state index < -0.39 is 0 Å². The molecule has 2 aromatic rings. The van der Waals surface area contributed by atoms with E-state index in [1.807, 2.05) is 0 Å². The monoisotopic (exact) mass is 371 g/mol. The molecule has 0 aliphatic heterocycles. The van der Waals surface area contributed by atoms with Gasteiger partial charge in [-0.05, 0) is 22.0 Å². The number of rotatable bonds is 1. The first-order chi connectivity index (χ1) is 7.99. The van der Waals surface area contributed by atoms with Crippen LogP contribution in [0.3, 0.4) is 0 Å². The van der Waals surface area contributed by atoms with Crippen molar-refractivity contribution in [3.63, 3.8) is 0 Å². The number of halogens is 5. The summed E-state index contributed by atoms with van der Waals surface area (Å²) in [6, 6.07) is 1.54. The van der Waals surface area contributed by atoms with Crippen LogP contribution in [0.2, 0.25) is 20.4 Å². The number of hydrogen-bond donors (Lipinski definition) is 0. The molecule has 2 heterocycles. The van der Waals surface area contributed by atoms with Gasteiger partial charge in [0.05, 0.1) is 14.5 Å². The van der Waals surface area contributed by atoms with Gasteiger partial charge in [-0.3, -0.25) is 0 Å². The van der Waals surface area contributed by atoms with E-state index in [2.05, 4.69) is 30.9 Å². The fourth-order valence-corrected chi connectivity index (χ4v) is 2.11. The standard InChI is InChI=1S/C9H2BrCl4N3/c10-5-7(13)16-9(17-8(5)14)6-4(12)1-3(11)2-15-6/h1-2H. The molecule has 0 radical (unpaired) electrons. The summed E-state index contributed by atoms with van der Waals surface area (Å²) < 4.78 is 0.426. The highest BCUT2D eigenvalue weighted by atomic mass is 79.9. The lowest BCUT2D eigenvalue weighted by molar-refractivity contribution is 1.13. The van der Waals surface area contributed by atoms with Crippen molar-refractivity contribution < 1.29 is 0 Å². The van der Waals surface area contributed by atoms with Crippen LogP contribution in [0, 0.1) is 0 Å². The molecule has 0 amide bonds. The van der Waals surface area contributed by atoms with Gasteiger partial charge in [0.2, 0.25) is 0 Å². The van der Waals surface area contributed by atoms with Gasteiger partial charge in [-0.25, -0.2) is 15.0 Å². The van der Waals surface area contributed by atoms with Crippen LogP contribution in [0.15, 0.2) is 16.7 Å². The van der Waals surface area contributed by atoms with Crippen molar-refractivity contribution in [1.82, 2.24) is 15.0 Å². The zero-order valence-corrected chi connectivity index (χ0v) is 12.5. The van der Waals surface area contributed by atoms with Crippen LogP contribution in [0.1, 0.15) is 0 Å². The maximum Gasteiger partial charge on any atom is 0.182 e. The van der Waals surface area contributed by atoms with Crippen molar-refractivity contribution in [2.75, 3.05) is 0 Å². The number of hydrogen-bond acceptors (Lipinski definition) is 3. The molecule has 2 rings (SSSR count). The first-order valence-electron chi connectivity index (χ1n) is 4.19. The van der Waals surface area contributed by atoms with E-state index in [4.69, 9.17) is 46.4 Å². The Labute approximate surface area is 125 Å². The first-order valence-corrected chi connectivity index (χ1v) is 6.49. The van der Waals surface area contributed by atoms with Crippen molar-refractivity contribution >= 4 is 62.3 Å². The van der Waals surface area contributed by atoms with Crippen LogP contribution >= 0.6 is 62.3 Å². The van der Waals surface area contributed by atoms with Crippen LogP contribution < -0.4 is 0 Å². The lowest BCUT2D eigenvalue weighted by Gasteiger charge is -2.04. The normalized spacial score (nSPS) is 10.6. The summed E-state index contributed by atoms with van der Waals surface area (Å²) >= 11 is 26.6. The average molecular weight is 374 g/mol. The van der Waals surface area contributed by atoms with Gasteiger partial charge in [0.15, 0.2) is 5.82 Å². The third-order valence-corrected chi connectivity index (χ3v) is 4.04. The second kappa shape index (κ2) is 5.24. The second-order valence-corrected chi connectivity index (χ2v) is 5.28. The Morgan fingerprint density at radius 2 is 1.59 bits per heavy atom. The molecule has 0 atom stereocenters. The van der Waals surface area contributed by atoms with Crippen LogP contribution in [-0.2, 0) is 0 Å². The molecule has 17 heavy (non-hydrogen) atoms. The molecule has 3 nitrogen and oxygen atoms in total. The highest BCUT2D eigenvalue weighted by Crippen LogP contribution is 2.32. The van der Waals surface area contributed by atoms with E-state index in [1.54, 1.807) is 6.07 Å². The SMILES string of the molecule is Clc1cnc(-c2nc(Cl)c(Br)c(Cl)n2)c(Cl)c1. The Balaban J connectivity index is 2.61. The predicted octanol–water partition coefficient (Wildman–Crippen LogP) is 4.91. The van der Waals surface area contributed by atoms with Gasteiger partial charge in [0, 0.05) is 6.20 Å². The lowest BCUT2D eigenvalue weighted by atomic mass is 10.3. The Morgan fingerprint density at radius 1 is 1.00 bits per heavy atom. The summed E-state index contributed by atoms with van der Waals surface area (Å²) in [5.41, 5.74) is 0.368. The predicted molar refractivity (Wildman–Crippen MR) is 73.0 cm³/mol. The minimum absolute atomic E-state index is 0.188. The van der Waals surface area contributed by atoms with E-state index >= 15 is 0 Å². The van der Waals surface area contributed by atoms with Crippen molar-refractivity contribution in [2.45, 2.75) is 0 Å². The average Bonchev–Trinajstić information content (AvgIpc) is 2.25. The van der Waals surface area contributed by atoms with Gasteiger partial charge >= 0.3 is 0 Å². The zero-order valence-electron chi connectivity index (χ0n) is 7.89. The summed E-state index contributed by atoms with van der Waals surface area (Å²) in [6.45, 7) is 0. The van der Waals surface area contributed by atoms with Gasteiger partial charge in [0.1, 0.15) is 16.0 Å². The summed E-state index contributed by atoms with van der Waals surface area (Å²) in [7, 11) is 0. The molecule has 0 aliphatic carbocycles. The Bertz CT molecular complexity index is 567. The fourth-order valence-electron chi connectivity index (χ4n) is 1.08. The molecule has 0 saturated heterocycles. The minimum atomic E-state index is 0.188. The lowest BCUT2D eigenvalue weighted by Crippen LogP contribution is -1.95. The van der Waals surface area contributed by atoms with Crippen LogP contribution in [0.4, 0.5) is 0 Å². The second-order valence-electron chi connectivity index (χ2n) is 2.93. The summed E-state index contributed by atoms with van der Waals surface area (Å²) in [4.78, 5) is 12.1. The van der Waals surface area contributed by atoms with Crippen molar-refractivity contribution in [2.24, 2.45) is 0 Å². The summed E-state index contributed by atoms with van der Waals surface area (Å²) in [5, 5.41) is 1.13. The molecule has 0 N–H and O–H groups in total. The molecular formula is C9H2BrCl4N3. The Kier molecular flexibility index (Phi) is 4.10. The molecule has 2 aromatic heterocycles. The van der Waals surface area contributed by atoms with E-state index in [0.717, 1.165) is 0 Å². The molecule has 8 heteroatoms. The van der Waals surface area contributed by atoms with Gasteiger partial charge in [-0.15, -0.1) is 0 Å². The van der Waals surface area contributed by atoms with Crippen LogP contribution in [-0.4, -0.2) is 15.0 Å². The molecule has 0 fully saturated rings. The number of aromatic nitrogens is 3. The molecule has 0 bridgehead atoms. The molecule has 0 spiro atoms. The Hall–Kier alpha value is -0.130. The summed E-state index contributed by atoms with van der Waals surface area (Å²) in [5.74, 6) is 0.241. The van der Waals surface area contributed by atoms with Gasteiger partial charge < -0.3 is 0 Å². The van der Waals surface area contributed by atoms with Gasteiger partial charge in [-0.2, -0.15) is 0 Å². The van der Waals surface area contributed by atoms with Gasteiger partial charge in [0.25, 0.3) is 0 Å². The highest BCUT2D eigenvalue weighted by molar-refractivity contribution is 9.10. The third kappa shape index (κ3) is 2.83. The van der Waals surface area contributed by atoms with Crippen molar-refractivity contribution in [3.05, 3.63) is 37.1 Å². The smallest absolute Gasteiger partial charge is 0.182 e. The summed E-state index contributed by atoms with van der Waals surface area (Å²) in [6.07, 6.45) is 1.44. The van der Waals surface area contributed by atoms with Crippen LogP contribution in [0.25, 0.3) is 11.5 Å². The van der Waals surface area contributed by atoms with Crippen LogP contribution in [0.5, 0.6) is 0 Å². The largest absolute Gasteiger partial charge is 0.250 e. The highest BCUT2D eigenvalue weighted by Gasteiger charge is 2.14. The number of nitrogens with zero attached hydrogens (tertiary/aromatic N) is 3. The van der Waals surface area contributed by atoms with Crippen molar-refractivity contribution in [3.8, 4) is 11.5 Å². The molecule has 0 saturated carbocycles. The molecule has 88 valence electrons. The fraction of sp³-hybridized carbons (Fsp3) is 0. The van der Waals surface area contributed by atoms with E-state index in [-0.39, 0.29) is 16.1 Å². The third-order valence-electron chi connectivity index (χ3n) is 1.79. The minimum Gasteiger partial charge on any atom is -0.250 e. The topological polar surface area (TPSA) is 38.7 Å². The maximum absolute atomic E-state index is 5.98. The van der Waals surface area contributed by atoms with E-state index in [0.29, 0.717) is 20.2 Å². The molecule has 0 aromatic carbocycles. The molecule has 0 aliphatic rings. The Morgan fingerprint density at radius 3 is 2.12 bits per heavy atom. The molecule has 0 unspecified atom stereocenters. The van der Waals surface area contributed by atoms with E-state index in [9.17, 15) is 0 Å². The van der Waals surface area contributed by atoms with Crippen molar-refractivity contribution in [1.29, 1.82) is 0 Å². The number of pyridine rings is 1. The van der Waals surface area contributed by atoms with E-state index in [1.165, 1.54) is 6.20 Å².